The zero-order valence-corrected chi connectivity index (χ0v) is 12.4. The van der Waals surface area contributed by atoms with Crippen LogP contribution >= 0.6 is 0 Å². The number of carboxylic acids is 1. The second kappa shape index (κ2) is 5.72. The molecule has 1 N–H and O–H groups in total. The van der Waals surface area contributed by atoms with Crippen molar-refractivity contribution in [2.24, 2.45) is 0 Å². The van der Waals surface area contributed by atoms with Gasteiger partial charge in [0.1, 0.15) is 6.42 Å². The largest absolute Gasteiger partial charge is 0.481 e. The molecule has 4 nitrogen and oxygen atoms in total. The molecular weight excluding hydrogens is 278 g/mol. The van der Waals surface area contributed by atoms with Crippen molar-refractivity contribution in [2.75, 3.05) is 0 Å². The normalized spacial score (nSPS) is 13.9. The molecule has 2 aromatic rings. The Balaban J connectivity index is 1.91. The van der Waals surface area contributed by atoms with Gasteiger partial charge in [-0.3, -0.25) is 14.6 Å². The van der Waals surface area contributed by atoms with Crippen LogP contribution in [-0.4, -0.2) is 21.8 Å². The molecule has 0 spiro atoms. The molecule has 0 radical (unpaired) electrons. The molecule has 0 amide bonds. The van der Waals surface area contributed by atoms with Crippen LogP contribution in [0.3, 0.4) is 0 Å². The van der Waals surface area contributed by atoms with Gasteiger partial charge in [0.15, 0.2) is 5.78 Å². The predicted molar refractivity (Wildman–Crippen MR) is 83.0 cm³/mol. The highest BCUT2D eigenvalue weighted by molar-refractivity contribution is 6.06. The summed E-state index contributed by atoms with van der Waals surface area (Å²) in [6.45, 7) is 2.04. The van der Waals surface area contributed by atoms with Gasteiger partial charge < -0.3 is 5.11 Å². The van der Waals surface area contributed by atoms with Gasteiger partial charge in [-0.2, -0.15) is 0 Å². The average Bonchev–Trinajstić information content (AvgIpc) is 3.31. The van der Waals surface area contributed by atoms with E-state index in [2.05, 4.69) is 11.1 Å². The first-order valence-corrected chi connectivity index (χ1v) is 7.36. The van der Waals surface area contributed by atoms with E-state index >= 15 is 0 Å². The minimum absolute atomic E-state index is 0.380. The van der Waals surface area contributed by atoms with Gasteiger partial charge in [-0.05, 0) is 43.0 Å². The molecule has 1 aromatic carbocycles. The molecule has 0 aliphatic heterocycles. The third kappa shape index (κ3) is 3.06. The third-order valence-corrected chi connectivity index (χ3v) is 3.93. The highest BCUT2D eigenvalue weighted by Gasteiger charge is 2.25. The van der Waals surface area contributed by atoms with E-state index in [-0.39, 0.29) is 5.78 Å². The van der Waals surface area contributed by atoms with Gasteiger partial charge in [-0.15, -0.1) is 0 Å². The summed E-state index contributed by atoms with van der Waals surface area (Å²) >= 11 is 0. The van der Waals surface area contributed by atoms with E-state index in [1.165, 1.54) is 12.8 Å². The van der Waals surface area contributed by atoms with Crippen molar-refractivity contribution < 1.29 is 14.7 Å². The maximum absolute atomic E-state index is 11.9. The summed E-state index contributed by atoms with van der Waals surface area (Å²) in [4.78, 5) is 27.1. The van der Waals surface area contributed by atoms with Gasteiger partial charge >= 0.3 is 5.97 Å². The zero-order valence-electron chi connectivity index (χ0n) is 12.4. The van der Waals surface area contributed by atoms with Gasteiger partial charge in [0.2, 0.25) is 0 Å². The molecule has 0 saturated heterocycles. The van der Waals surface area contributed by atoms with E-state index in [0.29, 0.717) is 11.5 Å². The second-order valence-corrected chi connectivity index (χ2v) is 5.77. The number of aromatic nitrogens is 1. The zero-order chi connectivity index (χ0) is 15.7. The quantitative estimate of drug-likeness (QED) is 0.676. The summed E-state index contributed by atoms with van der Waals surface area (Å²) in [6, 6.07) is 9.19. The Hall–Kier alpha value is -2.49. The van der Waals surface area contributed by atoms with Crippen molar-refractivity contribution in [1.82, 2.24) is 4.98 Å². The number of nitrogens with zero attached hydrogens (tertiary/aromatic N) is 1. The van der Waals surface area contributed by atoms with E-state index in [1.807, 2.05) is 19.2 Å². The molecule has 1 fully saturated rings. The number of aryl methyl sites for hydroxylation is 1. The lowest BCUT2D eigenvalue weighted by Crippen LogP contribution is -2.07. The van der Waals surface area contributed by atoms with Crippen LogP contribution in [0.5, 0.6) is 0 Å². The van der Waals surface area contributed by atoms with E-state index in [0.717, 1.165) is 22.4 Å². The van der Waals surface area contributed by atoms with Crippen LogP contribution in [0.1, 0.15) is 46.8 Å². The Kier molecular flexibility index (Phi) is 3.75. The number of hydrogen-bond donors (Lipinski definition) is 1. The molecular formula is C18H17NO3. The molecule has 3 rings (SSSR count). The Morgan fingerprint density at radius 1 is 1.27 bits per heavy atom. The average molecular weight is 295 g/mol. The molecule has 0 bridgehead atoms. The summed E-state index contributed by atoms with van der Waals surface area (Å²) in [5, 5.41) is 8.73. The van der Waals surface area contributed by atoms with Crippen LogP contribution in [0.4, 0.5) is 0 Å². The molecule has 22 heavy (non-hydrogen) atoms. The minimum atomic E-state index is -1.11. The highest BCUT2D eigenvalue weighted by Crippen LogP contribution is 2.40. The smallest absolute Gasteiger partial charge is 0.311 e. The van der Waals surface area contributed by atoms with Crippen molar-refractivity contribution in [1.29, 1.82) is 0 Å². The van der Waals surface area contributed by atoms with Gasteiger partial charge in [-0.25, -0.2) is 0 Å². The van der Waals surface area contributed by atoms with Crippen LogP contribution in [0.25, 0.3) is 11.1 Å². The fraction of sp³-hybridized carbons (Fsp3) is 0.278. The Morgan fingerprint density at radius 2 is 2.05 bits per heavy atom. The molecule has 4 heteroatoms. The van der Waals surface area contributed by atoms with Gasteiger partial charge in [0, 0.05) is 28.9 Å². The number of ketones is 1. The first-order chi connectivity index (χ1) is 10.5. The van der Waals surface area contributed by atoms with Crippen LogP contribution < -0.4 is 0 Å². The summed E-state index contributed by atoms with van der Waals surface area (Å²) in [5.74, 6) is -0.882. The monoisotopic (exact) mass is 295 g/mol. The predicted octanol–water partition coefficient (Wildman–Crippen LogP) is 3.59. The number of carbonyl (C=O) groups is 2. The van der Waals surface area contributed by atoms with Gasteiger partial charge in [0.25, 0.3) is 0 Å². The minimum Gasteiger partial charge on any atom is -0.481 e. The van der Waals surface area contributed by atoms with Crippen LogP contribution in [0, 0.1) is 6.92 Å². The Bertz CT molecular complexity index is 748. The molecule has 1 saturated carbocycles. The van der Waals surface area contributed by atoms with E-state index in [1.54, 1.807) is 18.2 Å². The highest BCUT2D eigenvalue weighted by atomic mass is 16.4. The molecule has 1 aliphatic rings. The standard InChI is InChI=1S/C18H17NO3/c1-11-7-16(12-5-6-12)19-10-15(11)13-3-2-4-14(8-13)17(20)9-18(21)22/h2-4,7-8,10,12H,5-6,9H2,1H3,(H,21,22). The van der Waals surface area contributed by atoms with Crippen LogP contribution in [-0.2, 0) is 4.79 Å². The van der Waals surface area contributed by atoms with E-state index < -0.39 is 12.4 Å². The molecule has 112 valence electrons. The number of carbonyl (C=O) groups excluding carboxylic acids is 1. The molecule has 0 atom stereocenters. The number of aliphatic carboxylic acids is 1. The fourth-order valence-electron chi connectivity index (χ4n) is 2.58. The second-order valence-electron chi connectivity index (χ2n) is 5.77. The lowest BCUT2D eigenvalue weighted by molar-refractivity contribution is -0.135. The lowest BCUT2D eigenvalue weighted by Gasteiger charge is -2.09. The number of rotatable bonds is 5. The summed E-state index contributed by atoms with van der Waals surface area (Å²) in [5.41, 5.74) is 4.56. The first-order valence-electron chi connectivity index (χ1n) is 7.36. The topological polar surface area (TPSA) is 67.3 Å². The molecule has 1 aliphatic carbocycles. The van der Waals surface area contributed by atoms with Crippen molar-refractivity contribution in [3.05, 3.63) is 53.3 Å². The number of pyridine rings is 1. The Morgan fingerprint density at radius 3 is 2.68 bits per heavy atom. The SMILES string of the molecule is Cc1cc(C2CC2)ncc1-c1cccc(C(=O)CC(=O)O)c1. The van der Waals surface area contributed by atoms with Gasteiger partial charge in [0.05, 0.1) is 0 Å². The Labute approximate surface area is 128 Å². The van der Waals surface area contributed by atoms with Crippen molar-refractivity contribution in [3.63, 3.8) is 0 Å². The third-order valence-electron chi connectivity index (χ3n) is 3.93. The summed E-state index contributed by atoms with van der Waals surface area (Å²) < 4.78 is 0. The maximum Gasteiger partial charge on any atom is 0.311 e. The van der Waals surface area contributed by atoms with E-state index in [9.17, 15) is 9.59 Å². The lowest BCUT2D eigenvalue weighted by atomic mass is 9.98. The van der Waals surface area contributed by atoms with Gasteiger partial charge in [-0.1, -0.05) is 18.2 Å². The maximum atomic E-state index is 11.9. The summed E-state index contributed by atoms with van der Waals surface area (Å²) in [6.07, 6.45) is 3.79. The molecule has 1 heterocycles. The number of carboxylic acid groups (broad SMARTS) is 1. The number of hydrogen-bond acceptors (Lipinski definition) is 3. The first kappa shape index (κ1) is 14.4. The number of Topliss-reactive ketones (excluding diaryl/α,β-unsaturated/α-hetero) is 1. The van der Waals surface area contributed by atoms with Crippen molar-refractivity contribution in [2.45, 2.75) is 32.1 Å². The molecule has 0 unspecified atom stereocenters. The number of benzene rings is 1. The summed E-state index contributed by atoms with van der Waals surface area (Å²) in [7, 11) is 0. The van der Waals surface area contributed by atoms with Crippen molar-refractivity contribution in [3.8, 4) is 11.1 Å². The van der Waals surface area contributed by atoms with Crippen molar-refractivity contribution >= 4 is 11.8 Å². The van der Waals surface area contributed by atoms with Crippen LogP contribution in [0.2, 0.25) is 0 Å². The molecule has 1 aromatic heterocycles. The fourth-order valence-corrected chi connectivity index (χ4v) is 2.58. The van der Waals surface area contributed by atoms with E-state index in [4.69, 9.17) is 5.11 Å². The van der Waals surface area contributed by atoms with Crippen LogP contribution in [0.15, 0.2) is 36.5 Å².